The maximum Gasteiger partial charge on any atom is 0.280 e. The van der Waals surface area contributed by atoms with Crippen molar-refractivity contribution >= 4 is 57.3 Å². The molecular weight excluding hydrogens is 696 g/mol. The summed E-state index contributed by atoms with van der Waals surface area (Å²) in [6.07, 6.45) is 9.99. The quantitative estimate of drug-likeness (QED) is 0.0825. The number of fused-ring (bicyclic) bond motifs is 1. The third-order valence-corrected chi connectivity index (χ3v) is 10.7. The predicted molar refractivity (Wildman–Crippen MR) is 207 cm³/mol. The molecule has 2 aromatic carbocycles. The number of aromatic amines is 1. The van der Waals surface area contributed by atoms with Crippen molar-refractivity contribution in [2.24, 2.45) is 5.41 Å². The van der Waals surface area contributed by atoms with Gasteiger partial charge in [0.1, 0.15) is 22.8 Å². The molecule has 0 radical (unpaired) electrons. The van der Waals surface area contributed by atoms with Gasteiger partial charge in [0, 0.05) is 54.1 Å². The molecule has 1 aliphatic heterocycles. The fraction of sp³-hybridized carbons (Fsp3) is 0.275. The maximum atomic E-state index is 13.1. The summed E-state index contributed by atoms with van der Waals surface area (Å²) in [6.45, 7) is 9.03. The first kappa shape index (κ1) is 35.4. The van der Waals surface area contributed by atoms with Crippen LogP contribution in [0.4, 0.5) is 5.69 Å². The Bertz CT molecular complexity index is 2230. The molecule has 10 nitrogen and oxygen atoms in total. The number of carbonyl (C=O) groups is 1. The van der Waals surface area contributed by atoms with Crippen molar-refractivity contribution in [1.82, 2.24) is 24.6 Å². The number of carbonyl (C=O) groups excluding carboxylic acids is 1. The largest absolute Gasteiger partial charge is 0.454 e. The highest BCUT2D eigenvalue weighted by Crippen LogP contribution is 2.44. The molecular formula is C40H39ClN6O4S. The molecule has 12 heteroatoms. The molecule has 0 fully saturated rings. The minimum atomic E-state index is -0.548. The predicted octanol–water partition coefficient (Wildman–Crippen LogP) is 9.81. The number of nitro groups is 1. The first-order chi connectivity index (χ1) is 25.0. The van der Waals surface area contributed by atoms with E-state index < -0.39 is 10.8 Å². The van der Waals surface area contributed by atoms with E-state index in [9.17, 15) is 14.9 Å². The Kier molecular flexibility index (Phi) is 10.2. The Morgan fingerprint density at radius 1 is 1.10 bits per heavy atom. The number of rotatable bonds is 10. The lowest BCUT2D eigenvalue weighted by atomic mass is 9.72. The average Bonchev–Trinajstić information content (AvgIpc) is 3.60. The number of nitrogens with one attached hydrogen (secondary N) is 2. The molecule has 0 bridgehead atoms. The van der Waals surface area contributed by atoms with Gasteiger partial charge < -0.3 is 9.72 Å². The van der Waals surface area contributed by atoms with Gasteiger partial charge in [-0.1, -0.05) is 55.3 Å². The van der Waals surface area contributed by atoms with Gasteiger partial charge in [0.2, 0.25) is 0 Å². The van der Waals surface area contributed by atoms with Crippen LogP contribution in [-0.2, 0) is 0 Å². The van der Waals surface area contributed by atoms with Crippen LogP contribution in [0.15, 0.2) is 95.7 Å². The van der Waals surface area contributed by atoms with Gasteiger partial charge in [-0.3, -0.25) is 24.5 Å². The minimum absolute atomic E-state index is 0.0368. The van der Waals surface area contributed by atoms with Gasteiger partial charge in [0.25, 0.3) is 11.6 Å². The van der Waals surface area contributed by atoms with Crippen molar-refractivity contribution in [3.63, 3.8) is 0 Å². The van der Waals surface area contributed by atoms with Crippen molar-refractivity contribution in [2.45, 2.75) is 51.3 Å². The van der Waals surface area contributed by atoms with E-state index in [4.69, 9.17) is 16.3 Å². The number of nitrogens with zero attached hydrogens (tertiary/aromatic N) is 4. The van der Waals surface area contributed by atoms with Gasteiger partial charge in [-0.05, 0) is 109 Å². The van der Waals surface area contributed by atoms with Crippen LogP contribution in [0.5, 0.6) is 11.5 Å². The molecule has 0 unspecified atom stereocenters. The van der Waals surface area contributed by atoms with Gasteiger partial charge in [-0.2, -0.15) is 0 Å². The SMILES string of the molecule is Cc1cc([N+](=O)[O-])cc(C(=O)NSc2ccc(C3=CCN(CC4=C(c5ccc(Cl)cc5)CC(C)(C)CC4)CC3)cc2Oc2cnc3[nH]ccc3c2)n1. The smallest absolute Gasteiger partial charge is 0.280 e. The Morgan fingerprint density at radius 3 is 2.67 bits per heavy atom. The van der Waals surface area contributed by atoms with E-state index in [-0.39, 0.29) is 16.8 Å². The Morgan fingerprint density at radius 2 is 1.90 bits per heavy atom. The molecule has 266 valence electrons. The highest BCUT2D eigenvalue weighted by Gasteiger charge is 2.29. The molecule has 52 heavy (non-hydrogen) atoms. The number of aryl methyl sites for hydroxylation is 1. The number of allylic oxidation sites excluding steroid dienone is 1. The Balaban J connectivity index is 1.11. The lowest BCUT2D eigenvalue weighted by molar-refractivity contribution is -0.385. The van der Waals surface area contributed by atoms with Crippen LogP contribution < -0.4 is 9.46 Å². The van der Waals surface area contributed by atoms with Crippen LogP contribution in [0.1, 0.15) is 66.8 Å². The van der Waals surface area contributed by atoms with Crippen LogP contribution in [-0.4, -0.2) is 50.3 Å². The molecule has 0 spiro atoms. The summed E-state index contributed by atoms with van der Waals surface area (Å²) in [5.41, 5.74) is 7.68. The van der Waals surface area contributed by atoms with Crippen molar-refractivity contribution in [3.05, 3.63) is 128 Å². The first-order valence-corrected chi connectivity index (χ1v) is 18.4. The number of hydrogen-bond donors (Lipinski definition) is 2. The van der Waals surface area contributed by atoms with Crippen LogP contribution in [0.2, 0.25) is 5.02 Å². The molecule has 0 saturated carbocycles. The van der Waals surface area contributed by atoms with Gasteiger partial charge in [0.15, 0.2) is 0 Å². The van der Waals surface area contributed by atoms with E-state index in [0.717, 1.165) is 72.5 Å². The Hall–Kier alpha value is -4.97. The molecule has 0 atom stereocenters. The first-order valence-electron chi connectivity index (χ1n) is 17.2. The monoisotopic (exact) mass is 734 g/mol. The van der Waals surface area contributed by atoms with Crippen molar-refractivity contribution in [3.8, 4) is 11.5 Å². The number of amides is 1. The van der Waals surface area contributed by atoms with E-state index in [1.54, 1.807) is 13.1 Å². The highest BCUT2D eigenvalue weighted by atomic mass is 35.5. The summed E-state index contributed by atoms with van der Waals surface area (Å²) in [5.74, 6) is 0.555. The molecule has 1 amide bonds. The second-order valence-corrected chi connectivity index (χ2v) is 15.4. The minimum Gasteiger partial charge on any atom is -0.454 e. The number of aromatic nitrogens is 3. The third-order valence-electron chi connectivity index (χ3n) is 9.64. The maximum absolute atomic E-state index is 13.1. The number of halogens is 1. The molecule has 3 aromatic heterocycles. The molecule has 2 aliphatic rings. The summed E-state index contributed by atoms with van der Waals surface area (Å²) in [5, 5.41) is 13.0. The third kappa shape index (κ3) is 8.22. The van der Waals surface area contributed by atoms with E-state index in [0.29, 0.717) is 22.1 Å². The molecule has 4 heterocycles. The van der Waals surface area contributed by atoms with Crippen molar-refractivity contribution in [2.75, 3.05) is 19.6 Å². The van der Waals surface area contributed by atoms with E-state index in [2.05, 4.69) is 56.6 Å². The summed E-state index contributed by atoms with van der Waals surface area (Å²) in [7, 11) is 0. The van der Waals surface area contributed by atoms with Gasteiger partial charge in [-0.25, -0.2) is 9.97 Å². The summed E-state index contributed by atoms with van der Waals surface area (Å²) in [4.78, 5) is 38.8. The van der Waals surface area contributed by atoms with Gasteiger partial charge >= 0.3 is 0 Å². The number of H-pyrrole nitrogens is 1. The summed E-state index contributed by atoms with van der Waals surface area (Å²) < 4.78 is 9.21. The molecule has 1 aliphatic carbocycles. The van der Waals surface area contributed by atoms with Crippen LogP contribution in [0, 0.1) is 22.5 Å². The van der Waals surface area contributed by atoms with Crippen molar-refractivity contribution in [1.29, 1.82) is 0 Å². The standard InChI is InChI=1S/C40H39ClN6O4S/c1-25-18-32(47(49)50)21-35(44-25)39(48)45-52-37-9-6-28(20-36(37)51-33-19-29-11-15-42-38(29)43-23-33)26-12-16-46(17-13-26)24-30-10-14-40(2,3)22-34(30)27-4-7-31(41)8-5-27/h4-9,11-12,15,18-21,23H,10,13-14,16-17,22,24H2,1-3H3,(H,42,43)(H,45,48). The summed E-state index contributed by atoms with van der Waals surface area (Å²) >= 11 is 7.29. The zero-order chi connectivity index (χ0) is 36.4. The number of pyridine rings is 2. The second-order valence-electron chi connectivity index (χ2n) is 14.1. The highest BCUT2D eigenvalue weighted by molar-refractivity contribution is 7.98. The molecule has 0 saturated heterocycles. The second kappa shape index (κ2) is 14.9. The number of hydrogen-bond acceptors (Lipinski definition) is 8. The fourth-order valence-electron chi connectivity index (χ4n) is 6.85. The van der Waals surface area contributed by atoms with E-state index >= 15 is 0 Å². The number of ether oxygens (including phenoxy) is 1. The van der Waals surface area contributed by atoms with Crippen LogP contribution in [0.25, 0.3) is 22.2 Å². The van der Waals surface area contributed by atoms with E-state index in [1.807, 2.05) is 48.7 Å². The topological polar surface area (TPSA) is 126 Å². The van der Waals surface area contributed by atoms with E-state index in [1.165, 1.54) is 40.8 Å². The van der Waals surface area contributed by atoms with Gasteiger partial charge in [-0.15, -0.1) is 0 Å². The zero-order valence-electron chi connectivity index (χ0n) is 29.2. The van der Waals surface area contributed by atoms with Gasteiger partial charge in [0.05, 0.1) is 16.0 Å². The normalized spacial score (nSPS) is 16.1. The summed E-state index contributed by atoms with van der Waals surface area (Å²) in [6, 6.07) is 20.6. The number of benzene rings is 2. The average molecular weight is 735 g/mol. The molecule has 5 aromatic rings. The van der Waals surface area contributed by atoms with Crippen molar-refractivity contribution < 1.29 is 14.5 Å². The lowest BCUT2D eigenvalue weighted by Gasteiger charge is -2.36. The fourth-order valence-corrected chi connectivity index (χ4v) is 7.62. The zero-order valence-corrected chi connectivity index (χ0v) is 30.8. The van der Waals surface area contributed by atoms with Crippen LogP contribution >= 0.6 is 23.5 Å². The molecule has 2 N–H and O–H groups in total. The molecule has 7 rings (SSSR count). The van der Waals surface area contributed by atoms with Crippen LogP contribution in [0.3, 0.4) is 0 Å². The Labute approximate surface area is 311 Å². The lowest BCUT2D eigenvalue weighted by Crippen LogP contribution is -2.32.